The number of halogens is 3. The van der Waals surface area contributed by atoms with Gasteiger partial charge in [0.2, 0.25) is 0 Å². The predicted molar refractivity (Wildman–Crippen MR) is 71.9 cm³/mol. The Morgan fingerprint density at radius 2 is 1.57 bits per heavy atom. The molecular weight excluding hydrogens is 283 g/mol. The zero-order valence-corrected chi connectivity index (χ0v) is 11.0. The minimum absolute atomic E-state index is 0.0165. The zero-order chi connectivity index (χ0) is 15.2. The summed E-state index contributed by atoms with van der Waals surface area (Å²) < 4.78 is 47.7. The van der Waals surface area contributed by atoms with Crippen molar-refractivity contribution >= 4 is 0 Å². The normalized spacial score (nSPS) is 12.2. The van der Waals surface area contributed by atoms with E-state index < -0.39 is 18.5 Å². The third-order valence-corrected chi connectivity index (χ3v) is 2.79. The van der Waals surface area contributed by atoms with E-state index in [1.165, 1.54) is 24.3 Å². The Kier molecular flexibility index (Phi) is 5.05. The van der Waals surface area contributed by atoms with E-state index in [1.54, 1.807) is 24.3 Å². The van der Waals surface area contributed by atoms with Crippen molar-refractivity contribution in [2.75, 3.05) is 6.61 Å². The largest absolute Gasteiger partial charge is 0.489 e. The monoisotopic (exact) mass is 297 g/mol. The van der Waals surface area contributed by atoms with Crippen LogP contribution in [0.25, 0.3) is 0 Å². The van der Waals surface area contributed by atoms with Gasteiger partial charge in [-0.2, -0.15) is 8.78 Å². The van der Waals surface area contributed by atoms with Crippen LogP contribution in [0.5, 0.6) is 11.5 Å². The molecule has 1 atom stereocenters. The average molecular weight is 297 g/mol. The number of nitrogens with two attached hydrogens (primary N) is 1. The molecule has 0 aliphatic heterocycles. The van der Waals surface area contributed by atoms with Gasteiger partial charge in [0, 0.05) is 5.56 Å². The van der Waals surface area contributed by atoms with Crippen LogP contribution in [0, 0.1) is 5.82 Å². The Bertz CT molecular complexity index is 593. The molecule has 1 unspecified atom stereocenters. The molecule has 0 bridgehead atoms. The van der Waals surface area contributed by atoms with Crippen molar-refractivity contribution in [1.29, 1.82) is 0 Å². The van der Waals surface area contributed by atoms with Gasteiger partial charge >= 0.3 is 6.61 Å². The number of hydrogen-bond donors (Lipinski definition) is 1. The van der Waals surface area contributed by atoms with Crippen molar-refractivity contribution in [2.45, 2.75) is 12.7 Å². The van der Waals surface area contributed by atoms with E-state index in [0.717, 1.165) is 0 Å². The van der Waals surface area contributed by atoms with Crippen molar-refractivity contribution in [3.05, 3.63) is 59.9 Å². The van der Waals surface area contributed by atoms with Crippen molar-refractivity contribution < 1.29 is 22.6 Å². The molecule has 0 radical (unpaired) electrons. The summed E-state index contributed by atoms with van der Waals surface area (Å²) >= 11 is 0. The second-order valence-electron chi connectivity index (χ2n) is 4.26. The molecule has 112 valence electrons. The van der Waals surface area contributed by atoms with Gasteiger partial charge in [-0.05, 0) is 18.2 Å². The minimum Gasteiger partial charge on any atom is -0.489 e. The van der Waals surface area contributed by atoms with Gasteiger partial charge in [0.05, 0.1) is 6.04 Å². The van der Waals surface area contributed by atoms with Crippen molar-refractivity contribution in [2.24, 2.45) is 5.73 Å². The molecule has 0 amide bonds. The SMILES string of the molecule is NC(COc1ccccc1F)c1ccccc1OC(F)F. The number of para-hydroxylation sites is 2. The Morgan fingerprint density at radius 3 is 2.24 bits per heavy atom. The van der Waals surface area contributed by atoms with Gasteiger partial charge in [-0.1, -0.05) is 30.3 Å². The van der Waals surface area contributed by atoms with E-state index in [2.05, 4.69) is 4.74 Å². The minimum atomic E-state index is -2.94. The van der Waals surface area contributed by atoms with Gasteiger partial charge in [-0.3, -0.25) is 0 Å². The first kappa shape index (κ1) is 15.2. The van der Waals surface area contributed by atoms with Gasteiger partial charge in [0.25, 0.3) is 0 Å². The fraction of sp³-hybridized carbons (Fsp3) is 0.200. The van der Waals surface area contributed by atoms with Crippen LogP contribution in [0.3, 0.4) is 0 Å². The smallest absolute Gasteiger partial charge is 0.387 e. The molecule has 0 aliphatic rings. The summed E-state index contributed by atoms with van der Waals surface area (Å²) in [6, 6.07) is 11.3. The van der Waals surface area contributed by atoms with E-state index in [1.807, 2.05) is 0 Å². The number of hydrogen-bond acceptors (Lipinski definition) is 3. The van der Waals surface area contributed by atoms with Crippen LogP contribution in [0.2, 0.25) is 0 Å². The van der Waals surface area contributed by atoms with E-state index in [0.29, 0.717) is 5.56 Å². The van der Waals surface area contributed by atoms with E-state index in [4.69, 9.17) is 10.5 Å². The second kappa shape index (κ2) is 6.99. The molecule has 0 saturated carbocycles. The highest BCUT2D eigenvalue weighted by atomic mass is 19.3. The Hall–Kier alpha value is -2.21. The number of rotatable bonds is 6. The molecule has 0 fully saturated rings. The van der Waals surface area contributed by atoms with Crippen molar-refractivity contribution in [3.63, 3.8) is 0 Å². The van der Waals surface area contributed by atoms with Gasteiger partial charge in [0.1, 0.15) is 12.4 Å². The summed E-state index contributed by atoms with van der Waals surface area (Å²) in [4.78, 5) is 0. The molecule has 2 aromatic carbocycles. The molecule has 2 aromatic rings. The maximum absolute atomic E-state index is 13.4. The van der Waals surface area contributed by atoms with Gasteiger partial charge in [-0.25, -0.2) is 4.39 Å². The van der Waals surface area contributed by atoms with Crippen molar-refractivity contribution in [1.82, 2.24) is 0 Å². The van der Waals surface area contributed by atoms with E-state index in [-0.39, 0.29) is 18.1 Å². The van der Waals surface area contributed by atoms with E-state index in [9.17, 15) is 13.2 Å². The lowest BCUT2D eigenvalue weighted by molar-refractivity contribution is -0.0507. The van der Waals surface area contributed by atoms with Crippen LogP contribution in [-0.2, 0) is 0 Å². The lowest BCUT2D eigenvalue weighted by atomic mass is 10.1. The molecule has 0 spiro atoms. The highest BCUT2D eigenvalue weighted by Crippen LogP contribution is 2.26. The van der Waals surface area contributed by atoms with Crippen LogP contribution in [0.15, 0.2) is 48.5 Å². The quantitative estimate of drug-likeness (QED) is 0.887. The van der Waals surface area contributed by atoms with Crippen LogP contribution in [0.4, 0.5) is 13.2 Å². The third kappa shape index (κ3) is 4.13. The molecule has 6 heteroatoms. The maximum Gasteiger partial charge on any atom is 0.387 e. The standard InChI is InChI=1S/C15H14F3NO2/c16-11-6-2-4-8-14(11)20-9-12(19)10-5-1-3-7-13(10)21-15(17)18/h1-8,12,15H,9,19H2. The molecule has 2 rings (SSSR count). The molecule has 21 heavy (non-hydrogen) atoms. The third-order valence-electron chi connectivity index (χ3n) is 2.79. The maximum atomic E-state index is 13.4. The van der Waals surface area contributed by atoms with E-state index >= 15 is 0 Å². The fourth-order valence-electron chi connectivity index (χ4n) is 1.82. The molecule has 0 aliphatic carbocycles. The van der Waals surface area contributed by atoms with Gasteiger partial charge < -0.3 is 15.2 Å². The van der Waals surface area contributed by atoms with Crippen LogP contribution >= 0.6 is 0 Å². The second-order valence-corrected chi connectivity index (χ2v) is 4.26. The van der Waals surface area contributed by atoms with Crippen LogP contribution < -0.4 is 15.2 Å². The van der Waals surface area contributed by atoms with Crippen LogP contribution in [-0.4, -0.2) is 13.2 Å². The molecule has 2 N–H and O–H groups in total. The summed E-state index contributed by atoms with van der Waals surface area (Å²) in [5.41, 5.74) is 6.27. The first-order valence-corrected chi connectivity index (χ1v) is 6.24. The Labute approximate surface area is 120 Å². The number of benzene rings is 2. The lowest BCUT2D eigenvalue weighted by Gasteiger charge is -2.17. The number of ether oxygens (including phenoxy) is 2. The highest BCUT2D eigenvalue weighted by molar-refractivity contribution is 5.36. The predicted octanol–water partition coefficient (Wildman–Crippen LogP) is 3.51. The molecule has 0 aromatic heterocycles. The first-order valence-electron chi connectivity index (χ1n) is 6.24. The van der Waals surface area contributed by atoms with Gasteiger partial charge in [-0.15, -0.1) is 0 Å². The Balaban J connectivity index is 2.07. The molecule has 3 nitrogen and oxygen atoms in total. The number of alkyl halides is 2. The van der Waals surface area contributed by atoms with Crippen molar-refractivity contribution in [3.8, 4) is 11.5 Å². The highest BCUT2D eigenvalue weighted by Gasteiger charge is 2.16. The summed E-state index contributed by atoms with van der Waals surface area (Å²) in [5, 5.41) is 0. The summed E-state index contributed by atoms with van der Waals surface area (Å²) in [5.74, 6) is -0.473. The lowest BCUT2D eigenvalue weighted by Crippen LogP contribution is -2.20. The molecule has 0 heterocycles. The summed E-state index contributed by atoms with van der Waals surface area (Å²) in [6.45, 7) is -3.00. The topological polar surface area (TPSA) is 44.5 Å². The summed E-state index contributed by atoms with van der Waals surface area (Å²) in [6.07, 6.45) is 0. The fourth-order valence-corrected chi connectivity index (χ4v) is 1.82. The Morgan fingerprint density at radius 1 is 0.952 bits per heavy atom. The molecule has 0 saturated heterocycles. The van der Waals surface area contributed by atoms with Crippen LogP contribution in [0.1, 0.15) is 11.6 Å². The first-order chi connectivity index (χ1) is 10.1. The summed E-state index contributed by atoms with van der Waals surface area (Å²) in [7, 11) is 0. The average Bonchev–Trinajstić information content (AvgIpc) is 2.46. The van der Waals surface area contributed by atoms with Gasteiger partial charge in [0.15, 0.2) is 11.6 Å². The molecular formula is C15H14F3NO2. The zero-order valence-electron chi connectivity index (χ0n) is 11.0.